The van der Waals surface area contributed by atoms with E-state index in [0.29, 0.717) is 16.8 Å². The van der Waals surface area contributed by atoms with Crippen LogP contribution >= 0.6 is 15.9 Å². The molecule has 1 aromatic carbocycles. The Morgan fingerprint density at radius 3 is 2.53 bits per heavy atom. The van der Waals surface area contributed by atoms with Crippen LogP contribution in [0.15, 0.2) is 22.7 Å². The molecule has 0 radical (unpaired) electrons. The molecule has 0 aromatic heterocycles. The molecule has 1 aromatic rings. The lowest BCUT2D eigenvalue weighted by atomic mass is 9.93. The van der Waals surface area contributed by atoms with Crippen LogP contribution in [-0.4, -0.2) is 17.7 Å². The number of carboxylic acid groups (broad SMARTS) is 1. The maximum absolute atomic E-state index is 10.9. The monoisotopic (exact) mass is 300 g/mol. The molecule has 1 rings (SSSR count). The van der Waals surface area contributed by atoms with E-state index < -0.39 is 5.97 Å². The molecular formula is C13H17BrO3. The van der Waals surface area contributed by atoms with Crippen LogP contribution in [0.5, 0.6) is 5.75 Å². The summed E-state index contributed by atoms with van der Waals surface area (Å²) < 4.78 is 6.27. The van der Waals surface area contributed by atoms with Crippen LogP contribution in [0.25, 0.3) is 0 Å². The Morgan fingerprint density at radius 2 is 2.00 bits per heavy atom. The molecule has 0 aliphatic rings. The molecule has 1 N–H and O–H groups in total. The number of hydrogen-bond acceptors (Lipinski definition) is 2. The number of halogens is 1. The summed E-state index contributed by atoms with van der Waals surface area (Å²) in [7, 11) is 0. The number of benzene rings is 1. The molecule has 0 amide bonds. The van der Waals surface area contributed by atoms with Gasteiger partial charge in [0.25, 0.3) is 0 Å². The minimum atomic E-state index is -0.952. The van der Waals surface area contributed by atoms with Gasteiger partial charge in [-0.15, -0.1) is 0 Å². The second-order valence-corrected chi connectivity index (χ2v) is 6.06. The maximum atomic E-state index is 10.9. The SMILES string of the molecule is CC(C)(C)CCOc1cc(Br)cc(C(=O)O)c1. The van der Waals surface area contributed by atoms with Gasteiger partial charge in [-0.1, -0.05) is 36.7 Å². The summed E-state index contributed by atoms with van der Waals surface area (Å²) in [5.41, 5.74) is 0.437. The Balaban J connectivity index is 2.68. The van der Waals surface area contributed by atoms with E-state index in [1.165, 1.54) is 6.07 Å². The lowest BCUT2D eigenvalue weighted by molar-refractivity contribution is 0.0696. The quantitative estimate of drug-likeness (QED) is 0.915. The van der Waals surface area contributed by atoms with Crippen molar-refractivity contribution in [1.82, 2.24) is 0 Å². The number of aromatic carboxylic acids is 1. The van der Waals surface area contributed by atoms with E-state index in [2.05, 4.69) is 36.7 Å². The Bertz CT molecular complexity index is 408. The lowest BCUT2D eigenvalue weighted by Gasteiger charge is -2.18. The van der Waals surface area contributed by atoms with E-state index in [9.17, 15) is 4.79 Å². The lowest BCUT2D eigenvalue weighted by Crippen LogP contribution is -2.11. The van der Waals surface area contributed by atoms with Gasteiger partial charge in [0.2, 0.25) is 0 Å². The molecule has 94 valence electrons. The van der Waals surface area contributed by atoms with Crippen molar-refractivity contribution in [3.05, 3.63) is 28.2 Å². The van der Waals surface area contributed by atoms with Crippen molar-refractivity contribution in [2.75, 3.05) is 6.61 Å². The Kier molecular flexibility index (Phi) is 4.57. The molecule has 0 saturated carbocycles. The van der Waals surface area contributed by atoms with Crippen LogP contribution in [-0.2, 0) is 0 Å². The molecule has 0 spiro atoms. The van der Waals surface area contributed by atoms with Gasteiger partial charge in [0.1, 0.15) is 5.75 Å². The van der Waals surface area contributed by atoms with E-state index in [1.807, 2.05) is 0 Å². The van der Waals surface area contributed by atoms with Crippen molar-refractivity contribution >= 4 is 21.9 Å². The first kappa shape index (κ1) is 14.0. The van der Waals surface area contributed by atoms with E-state index in [4.69, 9.17) is 9.84 Å². The molecule has 0 atom stereocenters. The Labute approximate surface area is 110 Å². The highest BCUT2D eigenvalue weighted by atomic mass is 79.9. The van der Waals surface area contributed by atoms with Gasteiger partial charge >= 0.3 is 5.97 Å². The molecule has 0 aliphatic heterocycles. The summed E-state index contributed by atoms with van der Waals surface area (Å²) >= 11 is 3.27. The maximum Gasteiger partial charge on any atom is 0.335 e. The summed E-state index contributed by atoms with van der Waals surface area (Å²) in [5, 5.41) is 8.91. The second-order valence-electron chi connectivity index (χ2n) is 5.14. The predicted octanol–water partition coefficient (Wildman–Crippen LogP) is 3.96. The highest BCUT2D eigenvalue weighted by Gasteiger charge is 2.11. The number of rotatable bonds is 4. The van der Waals surface area contributed by atoms with Gasteiger partial charge in [-0.3, -0.25) is 0 Å². The molecule has 0 fully saturated rings. The summed E-state index contributed by atoms with van der Waals surface area (Å²) in [4.78, 5) is 10.9. The van der Waals surface area contributed by atoms with Gasteiger partial charge in [-0.05, 0) is 30.0 Å². The third kappa shape index (κ3) is 5.22. The van der Waals surface area contributed by atoms with Gasteiger partial charge < -0.3 is 9.84 Å². The molecular weight excluding hydrogens is 284 g/mol. The minimum Gasteiger partial charge on any atom is -0.494 e. The van der Waals surface area contributed by atoms with Gasteiger partial charge in [-0.25, -0.2) is 4.79 Å². The largest absolute Gasteiger partial charge is 0.494 e. The molecule has 0 aliphatic carbocycles. The number of carbonyl (C=O) groups is 1. The third-order valence-corrected chi connectivity index (χ3v) is 2.70. The zero-order chi connectivity index (χ0) is 13.1. The summed E-state index contributed by atoms with van der Waals surface area (Å²) in [6, 6.07) is 4.86. The van der Waals surface area contributed by atoms with Gasteiger partial charge in [0.15, 0.2) is 0 Å². The first-order valence-corrected chi connectivity index (χ1v) is 6.24. The van der Waals surface area contributed by atoms with E-state index in [-0.39, 0.29) is 11.0 Å². The van der Waals surface area contributed by atoms with Gasteiger partial charge in [-0.2, -0.15) is 0 Å². The Morgan fingerprint density at radius 1 is 1.35 bits per heavy atom. The number of hydrogen-bond donors (Lipinski definition) is 1. The van der Waals surface area contributed by atoms with Gasteiger partial charge in [0, 0.05) is 4.47 Å². The van der Waals surface area contributed by atoms with E-state index >= 15 is 0 Å². The van der Waals surface area contributed by atoms with E-state index in [0.717, 1.165) is 6.42 Å². The van der Waals surface area contributed by atoms with Crippen LogP contribution in [0.1, 0.15) is 37.6 Å². The number of carboxylic acids is 1. The summed E-state index contributed by atoms with van der Waals surface area (Å²) in [6.07, 6.45) is 0.919. The van der Waals surface area contributed by atoms with Crippen molar-refractivity contribution in [3.8, 4) is 5.75 Å². The normalized spacial score (nSPS) is 11.3. The van der Waals surface area contributed by atoms with Crippen molar-refractivity contribution < 1.29 is 14.6 Å². The second kappa shape index (κ2) is 5.54. The number of ether oxygens (including phenoxy) is 1. The zero-order valence-electron chi connectivity index (χ0n) is 10.3. The molecule has 0 unspecified atom stereocenters. The van der Waals surface area contributed by atoms with Crippen molar-refractivity contribution in [3.63, 3.8) is 0 Å². The van der Waals surface area contributed by atoms with Crippen molar-refractivity contribution in [2.45, 2.75) is 27.2 Å². The average molecular weight is 301 g/mol. The Hall–Kier alpha value is -1.03. The minimum absolute atomic E-state index is 0.210. The standard InChI is InChI=1S/C13H17BrO3/c1-13(2,3)4-5-17-11-7-9(12(15)16)6-10(14)8-11/h6-8H,4-5H2,1-3H3,(H,15,16). The fourth-order valence-corrected chi connectivity index (χ4v) is 1.72. The predicted molar refractivity (Wildman–Crippen MR) is 70.7 cm³/mol. The van der Waals surface area contributed by atoms with Crippen LogP contribution in [0.2, 0.25) is 0 Å². The summed E-state index contributed by atoms with van der Waals surface area (Å²) in [5.74, 6) is -0.368. The molecule has 0 heterocycles. The summed E-state index contributed by atoms with van der Waals surface area (Å²) in [6.45, 7) is 7.00. The first-order chi connectivity index (χ1) is 7.78. The van der Waals surface area contributed by atoms with Gasteiger partial charge in [0.05, 0.1) is 12.2 Å². The van der Waals surface area contributed by atoms with Crippen LogP contribution in [0.4, 0.5) is 0 Å². The fourth-order valence-electron chi connectivity index (χ4n) is 1.24. The van der Waals surface area contributed by atoms with E-state index in [1.54, 1.807) is 12.1 Å². The fraction of sp³-hybridized carbons (Fsp3) is 0.462. The van der Waals surface area contributed by atoms with Crippen LogP contribution < -0.4 is 4.74 Å². The molecule has 17 heavy (non-hydrogen) atoms. The third-order valence-electron chi connectivity index (χ3n) is 2.24. The smallest absolute Gasteiger partial charge is 0.335 e. The molecule has 3 nitrogen and oxygen atoms in total. The molecule has 4 heteroatoms. The first-order valence-electron chi connectivity index (χ1n) is 5.45. The zero-order valence-corrected chi connectivity index (χ0v) is 11.9. The van der Waals surface area contributed by atoms with Crippen LogP contribution in [0.3, 0.4) is 0 Å². The topological polar surface area (TPSA) is 46.5 Å². The molecule has 0 saturated heterocycles. The highest BCUT2D eigenvalue weighted by molar-refractivity contribution is 9.10. The van der Waals surface area contributed by atoms with Crippen molar-refractivity contribution in [1.29, 1.82) is 0 Å². The van der Waals surface area contributed by atoms with Crippen LogP contribution in [0, 0.1) is 5.41 Å². The highest BCUT2D eigenvalue weighted by Crippen LogP contribution is 2.23. The molecule has 0 bridgehead atoms. The average Bonchev–Trinajstić information content (AvgIpc) is 2.14. The van der Waals surface area contributed by atoms with Crippen molar-refractivity contribution in [2.24, 2.45) is 5.41 Å².